The van der Waals surface area contributed by atoms with Gasteiger partial charge in [-0.3, -0.25) is 4.79 Å². The van der Waals surface area contributed by atoms with Crippen LogP contribution in [0.3, 0.4) is 0 Å². The number of nitrogens with zero attached hydrogens (tertiary/aromatic N) is 1. The van der Waals surface area contributed by atoms with Gasteiger partial charge in [0.1, 0.15) is 6.04 Å². The molecule has 2 atom stereocenters. The SMILES string of the molecule is CCC(C)(C)[C@H](N)C(=S)N1CCC[C@H]1C(=O)NCC1CCC(N)CC1. The molecular formula is C19H36N4OS. The van der Waals surface area contributed by atoms with E-state index in [1.54, 1.807) is 0 Å². The molecule has 1 aliphatic heterocycles. The third kappa shape index (κ3) is 5.14. The van der Waals surface area contributed by atoms with E-state index in [-0.39, 0.29) is 23.4 Å². The summed E-state index contributed by atoms with van der Waals surface area (Å²) in [6.07, 6.45) is 7.19. The number of hydrogen-bond acceptors (Lipinski definition) is 4. The molecule has 5 N–H and O–H groups in total. The zero-order valence-corrected chi connectivity index (χ0v) is 16.9. The molecule has 1 heterocycles. The summed E-state index contributed by atoms with van der Waals surface area (Å²) in [4.78, 5) is 15.5. The largest absolute Gasteiger partial charge is 0.354 e. The van der Waals surface area contributed by atoms with Gasteiger partial charge in [0, 0.05) is 19.1 Å². The maximum atomic E-state index is 12.7. The lowest BCUT2D eigenvalue weighted by Crippen LogP contribution is -2.54. The first-order valence-corrected chi connectivity index (χ1v) is 10.3. The van der Waals surface area contributed by atoms with Gasteiger partial charge in [0.15, 0.2) is 0 Å². The van der Waals surface area contributed by atoms with Crippen molar-refractivity contribution in [2.45, 2.75) is 83.8 Å². The van der Waals surface area contributed by atoms with Crippen molar-refractivity contribution in [3.8, 4) is 0 Å². The lowest BCUT2D eigenvalue weighted by molar-refractivity contribution is -0.124. The molecule has 0 aromatic heterocycles. The second-order valence-electron chi connectivity index (χ2n) is 8.54. The first-order chi connectivity index (χ1) is 11.8. The van der Waals surface area contributed by atoms with Crippen molar-refractivity contribution in [2.75, 3.05) is 13.1 Å². The van der Waals surface area contributed by atoms with Crippen molar-refractivity contribution in [2.24, 2.45) is 22.8 Å². The maximum absolute atomic E-state index is 12.7. The number of hydrogen-bond donors (Lipinski definition) is 3. The number of nitrogens with one attached hydrogen (secondary N) is 1. The molecule has 0 radical (unpaired) electrons. The summed E-state index contributed by atoms with van der Waals surface area (Å²) in [7, 11) is 0. The van der Waals surface area contributed by atoms with Gasteiger partial charge in [0.05, 0.1) is 11.0 Å². The minimum atomic E-state index is -0.194. The van der Waals surface area contributed by atoms with Gasteiger partial charge in [0.2, 0.25) is 5.91 Å². The molecule has 2 fully saturated rings. The van der Waals surface area contributed by atoms with Gasteiger partial charge >= 0.3 is 0 Å². The summed E-state index contributed by atoms with van der Waals surface area (Å²) in [5, 5.41) is 3.16. The average Bonchev–Trinajstić information content (AvgIpc) is 3.09. The van der Waals surface area contributed by atoms with E-state index < -0.39 is 0 Å². The Kier molecular flexibility index (Phi) is 7.23. The highest BCUT2D eigenvalue weighted by Crippen LogP contribution is 2.28. The zero-order valence-electron chi connectivity index (χ0n) is 16.1. The minimum absolute atomic E-state index is 0.0540. The van der Waals surface area contributed by atoms with Gasteiger partial charge in [0.25, 0.3) is 0 Å². The fourth-order valence-corrected chi connectivity index (χ4v) is 4.33. The van der Waals surface area contributed by atoms with Crippen molar-refractivity contribution in [1.82, 2.24) is 10.2 Å². The van der Waals surface area contributed by atoms with Crippen LogP contribution in [0.25, 0.3) is 0 Å². The van der Waals surface area contributed by atoms with Crippen molar-refractivity contribution >= 4 is 23.1 Å². The monoisotopic (exact) mass is 368 g/mol. The summed E-state index contributed by atoms with van der Waals surface area (Å²) < 4.78 is 0. The molecule has 5 nitrogen and oxygen atoms in total. The molecule has 1 saturated carbocycles. The van der Waals surface area contributed by atoms with E-state index in [4.69, 9.17) is 23.7 Å². The Morgan fingerprint density at radius 3 is 2.52 bits per heavy atom. The van der Waals surface area contributed by atoms with Crippen LogP contribution in [-0.2, 0) is 4.79 Å². The number of amides is 1. The summed E-state index contributed by atoms with van der Waals surface area (Å²) in [5.41, 5.74) is 12.3. The average molecular weight is 369 g/mol. The normalized spacial score (nSPS) is 28.7. The number of nitrogens with two attached hydrogens (primary N) is 2. The Labute approximate surface area is 158 Å². The Morgan fingerprint density at radius 2 is 1.92 bits per heavy atom. The predicted octanol–water partition coefficient (Wildman–Crippen LogP) is 2.18. The smallest absolute Gasteiger partial charge is 0.242 e. The molecule has 0 bridgehead atoms. The van der Waals surface area contributed by atoms with Gasteiger partial charge in [-0.2, -0.15) is 0 Å². The molecule has 0 unspecified atom stereocenters. The molecule has 2 aliphatic rings. The van der Waals surface area contributed by atoms with Gasteiger partial charge in [-0.15, -0.1) is 0 Å². The van der Waals surface area contributed by atoms with Gasteiger partial charge in [-0.05, 0) is 56.3 Å². The number of carbonyl (C=O) groups excluding carboxylic acids is 1. The zero-order chi connectivity index (χ0) is 18.6. The van der Waals surface area contributed by atoms with E-state index >= 15 is 0 Å². The molecule has 1 saturated heterocycles. The molecule has 0 aromatic carbocycles. The van der Waals surface area contributed by atoms with Crippen LogP contribution >= 0.6 is 12.2 Å². The molecule has 1 amide bonds. The molecular weight excluding hydrogens is 332 g/mol. The van der Waals surface area contributed by atoms with Crippen LogP contribution in [0.2, 0.25) is 0 Å². The van der Waals surface area contributed by atoms with Crippen LogP contribution in [0.4, 0.5) is 0 Å². The first kappa shape index (κ1) is 20.6. The van der Waals surface area contributed by atoms with Crippen LogP contribution in [-0.4, -0.2) is 47.0 Å². The first-order valence-electron chi connectivity index (χ1n) is 9.85. The highest BCUT2D eigenvalue weighted by Gasteiger charge is 2.38. The van der Waals surface area contributed by atoms with Crippen molar-refractivity contribution in [1.29, 1.82) is 0 Å². The van der Waals surface area contributed by atoms with E-state index in [0.717, 1.165) is 63.0 Å². The number of carbonyl (C=O) groups is 1. The molecule has 2 rings (SSSR count). The fraction of sp³-hybridized carbons (Fsp3) is 0.895. The summed E-state index contributed by atoms with van der Waals surface area (Å²) in [5.74, 6) is 0.670. The molecule has 25 heavy (non-hydrogen) atoms. The Morgan fingerprint density at radius 1 is 1.28 bits per heavy atom. The van der Waals surface area contributed by atoms with E-state index in [2.05, 4.69) is 31.0 Å². The third-order valence-corrected chi connectivity index (χ3v) is 6.80. The van der Waals surface area contributed by atoms with Crippen LogP contribution in [0.1, 0.15) is 65.7 Å². The minimum Gasteiger partial charge on any atom is -0.354 e. The molecule has 0 spiro atoms. The topological polar surface area (TPSA) is 84.4 Å². The van der Waals surface area contributed by atoms with Gasteiger partial charge < -0.3 is 21.7 Å². The molecule has 144 valence electrons. The van der Waals surface area contributed by atoms with Crippen molar-refractivity contribution < 1.29 is 4.79 Å². The van der Waals surface area contributed by atoms with Crippen LogP contribution in [0.5, 0.6) is 0 Å². The van der Waals surface area contributed by atoms with Crippen molar-refractivity contribution in [3.05, 3.63) is 0 Å². The van der Waals surface area contributed by atoms with E-state index in [0.29, 0.717) is 12.0 Å². The lowest BCUT2D eigenvalue weighted by atomic mass is 9.82. The number of thiocarbonyl (C=S) groups is 1. The molecule has 6 heteroatoms. The summed E-state index contributed by atoms with van der Waals surface area (Å²) >= 11 is 5.68. The van der Waals surface area contributed by atoms with Crippen LogP contribution in [0.15, 0.2) is 0 Å². The van der Waals surface area contributed by atoms with E-state index in [1.807, 2.05) is 0 Å². The van der Waals surface area contributed by atoms with E-state index in [1.165, 1.54) is 0 Å². The number of rotatable bonds is 6. The maximum Gasteiger partial charge on any atom is 0.242 e. The Balaban J connectivity index is 1.89. The highest BCUT2D eigenvalue weighted by molar-refractivity contribution is 7.80. The second kappa shape index (κ2) is 8.78. The molecule has 1 aliphatic carbocycles. The van der Waals surface area contributed by atoms with Crippen LogP contribution in [0, 0.1) is 11.3 Å². The van der Waals surface area contributed by atoms with Crippen LogP contribution < -0.4 is 16.8 Å². The van der Waals surface area contributed by atoms with Gasteiger partial charge in [-0.25, -0.2) is 0 Å². The number of likely N-dealkylation sites (tertiary alicyclic amines) is 1. The lowest BCUT2D eigenvalue weighted by Gasteiger charge is -2.37. The second-order valence-corrected chi connectivity index (χ2v) is 8.95. The summed E-state index contributed by atoms with van der Waals surface area (Å²) in [6, 6.07) is -0.00385. The predicted molar refractivity (Wildman–Crippen MR) is 107 cm³/mol. The summed E-state index contributed by atoms with van der Waals surface area (Å²) in [6.45, 7) is 8.01. The van der Waals surface area contributed by atoms with Crippen molar-refractivity contribution in [3.63, 3.8) is 0 Å². The fourth-order valence-electron chi connectivity index (χ4n) is 3.79. The standard InChI is InChI=1S/C19H36N4OS/c1-4-19(2,3)16(21)18(25)23-11-5-6-15(23)17(24)22-12-13-7-9-14(20)10-8-13/h13-16H,4-12,20-21H2,1-3H3,(H,22,24)/t13?,14?,15-,16+/m0/s1. The van der Waals surface area contributed by atoms with E-state index in [9.17, 15) is 4.79 Å². The molecule has 0 aromatic rings. The van der Waals surface area contributed by atoms with Gasteiger partial charge in [-0.1, -0.05) is 33.0 Å². The Hall–Kier alpha value is -0.720. The highest BCUT2D eigenvalue weighted by atomic mass is 32.1. The Bertz CT molecular complexity index is 474. The third-order valence-electron chi connectivity index (χ3n) is 6.31. The quantitative estimate of drug-likeness (QED) is 0.626.